The summed E-state index contributed by atoms with van der Waals surface area (Å²) < 4.78 is 10.7. The number of ether oxygens (including phenoxy) is 2. The molecule has 152 valence electrons. The van der Waals surface area contributed by atoms with Gasteiger partial charge in [-0.1, -0.05) is 12.1 Å². The third kappa shape index (κ3) is 3.50. The zero-order valence-corrected chi connectivity index (χ0v) is 17.1. The molecule has 30 heavy (non-hydrogen) atoms. The topological polar surface area (TPSA) is 80.8 Å². The van der Waals surface area contributed by atoms with Crippen LogP contribution in [0.1, 0.15) is 11.4 Å². The van der Waals surface area contributed by atoms with Gasteiger partial charge in [-0.15, -0.1) is 11.3 Å². The lowest BCUT2D eigenvalue weighted by Gasteiger charge is -2.17. The summed E-state index contributed by atoms with van der Waals surface area (Å²) in [6.07, 6.45) is 0.177. The quantitative estimate of drug-likeness (QED) is 0.692. The van der Waals surface area contributed by atoms with Gasteiger partial charge in [-0.3, -0.25) is 9.59 Å². The number of nitrogens with zero attached hydrogens (tertiary/aromatic N) is 2. The molecule has 0 radical (unpaired) electrons. The van der Waals surface area contributed by atoms with E-state index in [1.54, 1.807) is 28.4 Å². The highest BCUT2D eigenvalue weighted by atomic mass is 32.1. The fraction of sp³-hybridized carbons (Fsp3) is 0.227. The van der Waals surface area contributed by atoms with Crippen LogP contribution >= 0.6 is 11.3 Å². The summed E-state index contributed by atoms with van der Waals surface area (Å²) in [5.41, 5.74) is 3.34. The van der Waals surface area contributed by atoms with E-state index in [1.807, 2.05) is 42.6 Å². The molecule has 0 aliphatic carbocycles. The van der Waals surface area contributed by atoms with E-state index < -0.39 is 5.92 Å². The zero-order chi connectivity index (χ0) is 20.7. The summed E-state index contributed by atoms with van der Waals surface area (Å²) in [6, 6.07) is 12.9. The average molecular weight is 421 g/mol. The van der Waals surface area contributed by atoms with Crippen LogP contribution in [0.25, 0.3) is 11.3 Å². The molecule has 3 aromatic rings. The fourth-order valence-corrected chi connectivity index (χ4v) is 4.27. The van der Waals surface area contributed by atoms with Crippen molar-refractivity contribution in [3.05, 3.63) is 52.9 Å². The molecule has 1 N–H and O–H groups in total. The molecule has 1 saturated heterocycles. The van der Waals surface area contributed by atoms with Gasteiger partial charge in [0.15, 0.2) is 11.5 Å². The van der Waals surface area contributed by atoms with Gasteiger partial charge >= 0.3 is 0 Å². The summed E-state index contributed by atoms with van der Waals surface area (Å²) in [6.45, 7) is 2.48. The Morgan fingerprint density at radius 1 is 1.17 bits per heavy atom. The Morgan fingerprint density at radius 3 is 2.73 bits per heavy atom. The van der Waals surface area contributed by atoms with Gasteiger partial charge in [0.1, 0.15) is 0 Å². The Morgan fingerprint density at radius 2 is 1.97 bits per heavy atom. The van der Waals surface area contributed by atoms with Gasteiger partial charge in [0.05, 0.1) is 16.6 Å². The van der Waals surface area contributed by atoms with Crippen LogP contribution in [-0.2, 0) is 9.59 Å². The smallest absolute Gasteiger partial charge is 0.231 e. The molecule has 8 heteroatoms. The monoisotopic (exact) mass is 421 g/mol. The third-order valence-corrected chi connectivity index (χ3v) is 6.00. The summed E-state index contributed by atoms with van der Waals surface area (Å²) >= 11 is 1.60. The maximum absolute atomic E-state index is 12.7. The van der Waals surface area contributed by atoms with E-state index in [1.165, 1.54) is 0 Å². The van der Waals surface area contributed by atoms with Gasteiger partial charge in [0.2, 0.25) is 18.6 Å². The lowest BCUT2D eigenvalue weighted by Crippen LogP contribution is -2.28. The first-order valence-corrected chi connectivity index (χ1v) is 10.5. The van der Waals surface area contributed by atoms with Crippen LogP contribution in [0.2, 0.25) is 0 Å². The van der Waals surface area contributed by atoms with Crippen molar-refractivity contribution in [2.24, 2.45) is 5.92 Å². The number of anilines is 2. The molecule has 2 aliphatic heterocycles. The predicted molar refractivity (Wildman–Crippen MR) is 114 cm³/mol. The average Bonchev–Trinajstić information content (AvgIpc) is 3.47. The number of carbonyl (C=O) groups excluding carboxylic acids is 2. The van der Waals surface area contributed by atoms with E-state index >= 15 is 0 Å². The van der Waals surface area contributed by atoms with Gasteiger partial charge in [-0.25, -0.2) is 4.98 Å². The Balaban J connectivity index is 1.25. The van der Waals surface area contributed by atoms with E-state index in [0.29, 0.717) is 29.4 Å². The number of aromatic nitrogens is 1. The minimum atomic E-state index is -0.413. The van der Waals surface area contributed by atoms with Crippen molar-refractivity contribution in [1.82, 2.24) is 4.98 Å². The molecule has 2 aromatic carbocycles. The van der Waals surface area contributed by atoms with E-state index in [2.05, 4.69) is 10.3 Å². The molecule has 0 unspecified atom stereocenters. The number of nitrogens with one attached hydrogen (secondary N) is 1. The number of hydrogen-bond donors (Lipinski definition) is 1. The van der Waals surface area contributed by atoms with Crippen LogP contribution in [0.15, 0.2) is 47.8 Å². The zero-order valence-electron chi connectivity index (χ0n) is 16.3. The summed E-state index contributed by atoms with van der Waals surface area (Å²) in [5.74, 6) is 0.621. The first-order valence-electron chi connectivity index (χ1n) is 9.60. The first-order chi connectivity index (χ1) is 14.6. The van der Waals surface area contributed by atoms with Gasteiger partial charge in [-0.2, -0.15) is 0 Å². The Kier molecular flexibility index (Phi) is 4.63. The van der Waals surface area contributed by atoms with Gasteiger partial charge in [0, 0.05) is 41.4 Å². The second kappa shape index (κ2) is 7.46. The molecule has 1 aromatic heterocycles. The van der Waals surface area contributed by atoms with Crippen molar-refractivity contribution in [2.75, 3.05) is 23.6 Å². The maximum atomic E-state index is 12.7. The standard InChI is InChI=1S/C22H19N3O4S/c1-13-23-18(11-30-13)14-2-4-16(5-3-14)24-22(27)15-8-21(26)25(10-15)17-6-7-19-20(9-17)29-12-28-19/h2-7,9,11,15H,8,10,12H2,1H3,(H,24,27)/t15-/m0/s1. The number of amides is 2. The lowest BCUT2D eigenvalue weighted by molar-refractivity contribution is -0.122. The summed E-state index contributed by atoms with van der Waals surface area (Å²) in [5, 5.41) is 5.95. The number of thiazole rings is 1. The molecular formula is C22H19N3O4S. The number of rotatable bonds is 4. The number of aryl methyl sites for hydroxylation is 1. The van der Waals surface area contributed by atoms with E-state index in [0.717, 1.165) is 16.3 Å². The van der Waals surface area contributed by atoms with Crippen molar-refractivity contribution in [3.8, 4) is 22.8 Å². The molecule has 0 bridgehead atoms. The Bertz CT molecular complexity index is 1130. The molecule has 0 spiro atoms. The molecular weight excluding hydrogens is 402 g/mol. The third-order valence-electron chi connectivity index (χ3n) is 5.23. The molecule has 1 fully saturated rings. The number of hydrogen-bond acceptors (Lipinski definition) is 6. The highest BCUT2D eigenvalue weighted by molar-refractivity contribution is 7.09. The highest BCUT2D eigenvalue weighted by Gasteiger charge is 2.35. The summed E-state index contributed by atoms with van der Waals surface area (Å²) in [7, 11) is 0. The molecule has 1 atom stereocenters. The predicted octanol–water partition coefficient (Wildman–Crippen LogP) is 3.84. The van der Waals surface area contributed by atoms with Crippen molar-refractivity contribution >= 4 is 34.5 Å². The van der Waals surface area contributed by atoms with Crippen LogP contribution in [0.5, 0.6) is 11.5 Å². The Labute approximate surface area is 177 Å². The second-order valence-electron chi connectivity index (χ2n) is 7.26. The van der Waals surface area contributed by atoms with E-state index in [9.17, 15) is 9.59 Å². The first kappa shape index (κ1) is 18.6. The number of carbonyl (C=O) groups is 2. The molecule has 2 amide bonds. The Hall–Kier alpha value is -3.39. The minimum absolute atomic E-state index is 0.0803. The highest BCUT2D eigenvalue weighted by Crippen LogP contribution is 2.37. The van der Waals surface area contributed by atoms with Crippen molar-refractivity contribution < 1.29 is 19.1 Å². The summed E-state index contributed by atoms with van der Waals surface area (Å²) in [4.78, 5) is 31.3. The second-order valence-corrected chi connectivity index (χ2v) is 8.32. The van der Waals surface area contributed by atoms with E-state index in [4.69, 9.17) is 9.47 Å². The minimum Gasteiger partial charge on any atom is -0.454 e. The van der Waals surface area contributed by atoms with Crippen LogP contribution in [0.3, 0.4) is 0 Å². The maximum Gasteiger partial charge on any atom is 0.231 e. The normalized spacial score (nSPS) is 17.4. The van der Waals surface area contributed by atoms with Crippen molar-refractivity contribution in [2.45, 2.75) is 13.3 Å². The largest absolute Gasteiger partial charge is 0.454 e. The van der Waals surface area contributed by atoms with Crippen LogP contribution in [-0.4, -0.2) is 30.1 Å². The molecule has 3 heterocycles. The lowest BCUT2D eigenvalue weighted by atomic mass is 10.1. The SMILES string of the molecule is Cc1nc(-c2ccc(NC(=O)[C@H]3CC(=O)N(c4ccc5c(c4)OCO5)C3)cc2)cs1. The molecule has 7 nitrogen and oxygen atoms in total. The fourth-order valence-electron chi connectivity index (χ4n) is 3.65. The van der Waals surface area contributed by atoms with Crippen LogP contribution < -0.4 is 19.7 Å². The van der Waals surface area contributed by atoms with Crippen LogP contribution in [0, 0.1) is 12.8 Å². The van der Waals surface area contributed by atoms with Gasteiger partial charge in [-0.05, 0) is 31.2 Å². The number of fused-ring (bicyclic) bond motifs is 1. The molecule has 5 rings (SSSR count). The van der Waals surface area contributed by atoms with Crippen LogP contribution in [0.4, 0.5) is 11.4 Å². The van der Waals surface area contributed by atoms with E-state index in [-0.39, 0.29) is 25.0 Å². The number of benzene rings is 2. The van der Waals surface area contributed by atoms with Crippen molar-refractivity contribution in [3.63, 3.8) is 0 Å². The van der Waals surface area contributed by atoms with Gasteiger partial charge in [0.25, 0.3) is 0 Å². The van der Waals surface area contributed by atoms with Gasteiger partial charge < -0.3 is 19.7 Å². The molecule has 0 saturated carbocycles. The van der Waals surface area contributed by atoms with Crippen molar-refractivity contribution in [1.29, 1.82) is 0 Å². The molecule has 2 aliphatic rings.